The van der Waals surface area contributed by atoms with Gasteiger partial charge in [0.1, 0.15) is 0 Å². The molecule has 122 valence electrons. The van der Waals surface area contributed by atoms with Crippen molar-refractivity contribution in [3.05, 3.63) is 18.2 Å². The van der Waals surface area contributed by atoms with Crippen LogP contribution in [-0.2, 0) is 4.79 Å². The fourth-order valence-corrected chi connectivity index (χ4v) is 2.75. The molecule has 0 atom stereocenters. The summed E-state index contributed by atoms with van der Waals surface area (Å²) >= 11 is 0. The number of imide groups is 1. The van der Waals surface area contributed by atoms with E-state index in [-0.39, 0.29) is 18.7 Å². The Morgan fingerprint density at radius 3 is 2.50 bits per heavy atom. The van der Waals surface area contributed by atoms with Crippen LogP contribution in [0.5, 0.6) is 5.75 Å². The van der Waals surface area contributed by atoms with E-state index in [0.717, 1.165) is 9.80 Å². The molecule has 2 rings (SSSR count). The third-order valence-electron chi connectivity index (χ3n) is 3.03. The maximum Gasteiger partial charge on any atom is 0.573 e. The third-order valence-corrected chi connectivity index (χ3v) is 4.34. The second-order valence-corrected chi connectivity index (χ2v) is 7.15. The summed E-state index contributed by atoms with van der Waals surface area (Å²) in [6, 6.07) is 3.49. The van der Waals surface area contributed by atoms with Crippen molar-refractivity contribution >= 4 is 28.5 Å². The molecule has 22 heavy (non-hydrogen) atoms. The lowest BCUT2D eigenvalue weighted by molar-refractivity contribution is -0.274. The van der Waals surface area contributed by atoms with E-state index in [9.17, 15) is 22.8 Å². The normalized spacial score (nSPS) is 16.4. The van der Waals surface area contributed by atoms with Gasteiger partial charge in [-0.25, -0.2) is 15.7 Å². The van der Waals surface area contributed by atoms with Crippen LogP contribution in [-0.4, -0.2) is 37.4 Å². The van der Waals surface area contributed by atoms with Crippen LogP contribution >= 0.6 is 10.9 Å². The van der Waals surface area contributed by atoms with E-state index >= 15 is 0 Å². The van der Waals surface area contributed by atoms with Crippen LogP contribution in [0, 0.1) is 0 Å². The molecule has 0 aliphatic carbocycles. The Kier molecular flexibility index (Phi) is 4.55. The highest BCUT2D eigenvalue weighted by Gasteiger charge is 2.34. The summed E-state index contributed by atoms with van der Waals surface area (Å²) in [6.07, 6.45) is -0.951. The van der Waals surface area contributed by atoms with E-state index in [1.807, 2.05) is 12.5 Å². The van der Waals surface area contributed by atoms with Crippen LogP contribution in [0.15, 0.2) is 23.1 Å². The SMILES string of the molecule is C[SH](C)c1ccc(OC(F)(F)F)c(N2CCC(=O)NC2=O)c1. The summed E-state index contributed by atoms with van der Waals surface area (Å²) in [5.74, 6) is -0.915. The maximum absolute atomic E-state index is 12.5. The van der Waals surface area contributed by atoms with Crippen LogP contribution in [0.1, 0.15) is 6.42 Å². The Bertz CT molecular complexity index is 605. The highest BCUT2D eigenvalue weighted by molar-refractivity contribution is 8.15. The van der Waals surface area contributed by atoms with Crippen molar-refractivity contribution in [2.75, 3.05) is 24.0 Å². The van der Waals surface area contributed by atoms with Gasteiger partial charge in [-0.15, -0.1) is 13.2 Å². The molecule has 1 heterocycles. The summed E-state index contributed by atoms with van der Waals surface area (Å²) < 4.78 is 41.5. The van der Waals surface area contributed by atoms with E-state index in [4.69, 9.17) is 0 Å². The first-order chi connectivity index (χ1) is 10.2. The summed E-state index contributed by atoms with van der Waals surface area (Å²) in [7, 11) is -0.564. The summed E-state index contributed by atoms with van der Waals surface area (Å²) in [5.41, 5.74) is 0.0102. The summed E-state index contributed by atoms with van der Waals surface area (Å²) in [4.78, 5) is 25.0. The second kappa shape index (κ2) is 6.07. The van der Waals surface area contributed by atoms with E-state index < -0.39 is 34.9 Å². The number of ether oxygens (including phenoxy) is 1. The minimum atomic E-state index is -4.86. The minimum absolute atomic E-state index is 0.00763. The number of rotatable bonds is 3. The van der Waals surface area contributed by atoms with Gasteiger partial charge in [-0.05, 0) is 35.6 Å². The van der Waals surface area contributed by atoms with Gasteiger partial charge < -0.3 is 4.74 Å². The largest absolute Gasteiger partial charge is 0.573 e. The number of benzene rings is 1. The minimum Gasteiger partial charge on any atom is -0.404 e. The average Bonchev–Trinajstić information content (AvgIpc) is 2.37. The molecule has 1 aliphatic heterocycles. The maximum atomic E-state index is 12.5. The molecule has 0 unspecified atom stereocenters. The number of carbonyl (C=O) groups is 2. The third kappa shape index (κ3) is 3.85. The van der Waals surface area contributed by atoms with Gasteiger partial charge in [-0.2, -0.15) is 0 Å². The van der Waals surface area contributed by atoms with E-state index in [1.165, 1.54) is 12.1 Å². The molecule has 0 spiro atoms. The quantitative estimate of drug-likeness (QED) is 0.835. The number of alkyl halides is 3. The van der Waals surface area contributed by atoms with Crippen molar-refractivity contribution in [1.82, 2.24) is 5.32 Å². The molecule has 3 amide bonds. The van der Waals surface area contributed by atoms with E-state index in [2.05, 4.69) is 10.1 Å². The van der Waals surface area contributed by atoms with Crippen LogP contribution in [0.2, 0.25) is 0 Å². The number of urea groups is 1. The highest BCUT2D eigenvalue weighted by atomic mass is 32.2. The second-order valence-electron chi connectivity index (χ2n) is 4.85. The van der Waals surface area contributed by atoms with Crippen molar-refractivity contribution in [3.63, 3.8) is 0 Å². The van der Waals surface area contributed by atoms with Gasteiger partial charge in [0, 0.05) is 13.0 Å². The van der Waals surface area contributed by atoms with E-state index in [1.54, 1.807) is 6.07 Å². The monoisotopic (exact) mass is 336 g/mol. The fraction of sp³-hybridized carbons (Fsp3) is 0.385. The van der Waals surface area contributed by atoms with Gasteiger partial charge in [0.15, 0.2) is 5.75 Å². The molecule has 0 bridgehead atoms. The van der Waals surface area contributed by atoms with E-state index in [0.29, 0.717) is 0 Å². The van der Waals surface area contributed by atoms with Crippen LogP contribution < -0.4 is 15.0 Å². The number of nitrogens with one attached hydrogen (secondary N) is 1. The number of carbonyl (C=O) groups excluding carboxylic acids is 2. The molecule has 1 aromatic carbocycles. The smallest absolute Gasteiger partial charge is 0.404 e. The molecule has 1 saturated heterocycles. The molecule has 0 saturated carbocycles. The van der Waals surface area contributed by atoms with Crippen LogP contribution in [0.3, 0.4) is 0 Å². The van der Waals surface area contributed by atoms with Gasteiger partial charge in [0.25, 0.3) is 0 Å². The first kappa shape index (κ1) is 16.5. The first-order valence-electron chi connectivity index (χ1n) is 6.36. The number of hydrogen-bond acceptors (Lipinski definition) is 3. The summed E-state index contributed by atoms with van der Waals surface area (Å²) in [5, 5.41) is 2.08. The van der Waals surface area contributed by atoms with Crippen LogP contribution in [0.25, 0.3) is 0 Å². The standard InChI is InChI=1S/C13H15F3N2O3S/c1-22(2)8-3-4-10(21-13(14,15)16)9(7-8)18-6-5-11(19)17-12(18)20/h3-4,7,22H,5-6H2,1-2H3,(H,17,19,20). The number of anilines is 1. The topological polar surface area (TPSA) is 58.6 Å². The predicted octanol–water partition coefficient (Wildman–Crippen LogP) is 2.65. The molecule has 5 nitrogen and oxygen atoms in total. The number of hydrogen-bond donors (Lipinski definition) is 2. The number of halogens is 3. The molecule has 1 N–H and O–H groups in total. The Morgan fingerprint density at radius 2 is 1.95 bits per heavy atom. The first-order valence-corrected chi connectivity index (χ1v) is 8.59. The molecular weight excluding hydrogens is 321 g/mol. The van der Waals surface area contributed by atoms with Crippen molar-refractivity contribution in [1.29, 1.82) is 0 Å². The Morgan fingerprint density at radius 1 is 1.27 bits per heavy atom. The van der Waals surface area contributed by atoms with Gasteiger partial charge in [-0.3, -0.25) is 15.0 Å². The Hall–Kier alpha value is -1.90. The molecule has 0 radical (unpaired) electrons. The zero-order chi connectivity index (χ0) is 16.5. The average molecular weight is 336 g/mol. The van der Waals surface area contributed by atoms with Crippen molar-refractivity contribution in [3.8, 4) is 5.75 Å². The lowest BCUT2D eigenvalue weighted by Crippen LogP contribution is -2.49. The Labute approximate surface area is 127 Å². The highest BCUT2D eigenvalue weighted by Crippen LogP contribution is 2.39. The number of nitrogens with zero attached hydrogens (tertiary/aromatic N) is 1. The van der Waals surface area contributed by atoms with Crippen LogP contribution in [0.4, 0.5) is 23.7 Å². The molecule has 1 aromatic rings. The molecule has 9 heteroatoms. The molecule has 1 aliphatic rings. The zero-order valence-corrected chi connectivity index (χ0v) is 12.8. The van der Waals surface area contributed by atoms with Crippen molar-refractivity contribution in [2.24, 2.45) is 0 Å². The van der Waals surface area contributed by atoms with Gasteiger partial charge >= 0.3 is 12.4 Å². The number of thiol groups is 1. The fourth-order valence-electron chi connectivity index (χ4n) is 2.00. The van der Waals surface area contributed by atoms with Gasteiger partial charge in [-0.1, -0.05) is 0 Å². The van der Waals surface area contributed by atoms with Gasteiger partial charge in [0.2, 0.25) is 5.91 Å². The van der Waals surface area contributed by atoms with Crippen molar-refractivity contribution < 1.29 is 27.5 Å². The Balaban J connectivity index is 2.43. The van der Waals surface area contributed by atoms with Crippen molar-refractivity contribution in [2.45, 2.75) is 17.7 Å². The summed E-state index contributed by atoms with van der Waals surface area (Å²) in [6.45, 7) is 0.00763. The number of amides is 3. The zero-order valence-electron chi connectivity index (χ0n) is 11.9. The van der Waals surface area contributed by atoms with Gasteiger partial charge in [0.05, 0.1) is 5.69 Å². The lowest BCUT2D eigenvalue weighted by atomic mass is 10.2. The molecular formula is C13H15F3N2O3S. The molecule has 1 fully saturated rings. The molecule has 0 aromatic heterocycles. The predicted molar refractivity (Wildman–Crippen MR) is 77.7 cm³/mol. The lowest BCUT2D eigenvalue weighted by Gasteiger charge is -2.29.